The molecule has 0 unspecified atom stereocenters. The highest BCUT2D eigenvalue weighted by atomic mass is 32.2. The van der Waals surface area contributed by atoms with Crippen LogP contribution >= 0.6 is 11.8 Å². The first-order valence-corrected chi connectivity index (χ1v) is 8.52. The molecule has 1 heterocycles. The highest BCUT2D eigenvalue weighted by molar-refractivity contribution is 8.18. The number of carbonyl (C=O) groups excluding carboxylic acids is 2. The predicted molar refractivity (Wildman–Crippen MR) is 97.9 cm³/mol. The van der Waals surface area contributed by atoms with Gasteiger partial charge in [0.25, 0.3) is 11.1 Å². The topological polar surface area (TPSA) is 83.9 Å². The molecular weight excluding hydrogens is 354 g/mol. The number of likely N-dealkylation sites (N-methyl/N-ethyl adjacent to an activating group) is 1. The fourth-order valence-electron chi connectivity index (χ4n) is 2.27. The van der Waals surface area contributed by atoms with Crippen LogP contribution in [0.25, 0.3) is 6.08 Å². The minimum absolute atomic E-state index is 0.231. The summed E-state index contributed by atoms with van der Waals surface area (Å²) in [5.41, 5.74) is 1.88. The molecule has 2 amide bonds. The molecule has 2 aromatic rings. The van der Waals surface area contributed by atoms with Crippen LogP contribution in [0.3, 0.4) is 0 Å². The van der Waals surface area contributed by atoms with Crippen LogP contribution in [0.15, 0.2) is 53.4 Å². The van der Waals surface area contributed by atoms with Crippen molar-refractivity contribution in [3.63, 3.8) is 0 Å². The highest BCUT2D eigenvalue weighted by Gasteiger charge is 2.31. The van der Waals surface area contributed by atoms with E-state index >= 15 is 0 Å². The predicted octanol–water partition coefficient (Wildman–Crippen LogP) is 3.63. The zero-order valence-corrected chi connectivity index (χ0v) is 14.7. The molecule has 2 aromatic carbocycles. The number of benzene rings is 2. The first-order valence-electron chi connectivity index (χ1n) is 7.71. The lowest BCUT2D eigenvalue weighted by Gasteiger charge is -2.07. The maximum Gasteiger partial charge on any atom is 0.335 e. The molecule has 0 saturated carbocycles. The lowest BCUT2D eigenvalue weighted by Crippen LogP contribution is -2.22. The van der Waals surface area contributed by atoms with E-state index in [0.29, 0.717) is 17.3 Å². The summed E-state index contributed by atoms with van der Waals surface area (Å²) in [5, 5.41) is 8.59. The molecule has 1 saturated heterocycles. The summed E-state index contributed by atoms with van der Waals surface area (Å²) in [4.78, 5) is 35.7. The van der Waals surface area contributed by atoms with Gasteiger partial charge in [-0.1, -0.05) is 24.3 Å². The number of hydrogen-bond acceptors (Lipinski definition) is 5. The van der Waals surface area contributed by atoms with Crippen molar-refractivity contribution in [3.05, 3.63) is 70.1 Å². The van der Waals surface area contributed by atoms with E-state index in [1.165, 1.54) is 19.2 Å². The molecule has 0 aliphatic carbocycles. The maximum atomic E-state index is 11.9. The molecule has 7 heteroatoms. The summed E-state index contributed by atoms with van der Waals surface area (Å²) in [6, 6.07) is 13.6. The van der Waals surface area contributed by atoms with Gasteiger partial charge in [0.1, 0.15) is 12.4 Å². The van der Waals surface area contributed by atoms with Gasteiger partial charge in [-0.25, -0.2) is 4.79 Å². The third-order valence-electron chi connectivity index (χ3n) is 3.77. The molecule has 1 aliphatic rings. The average molecular weight is 369 g/mol. The SMILES string of the molecule is CN1C(=O)S/C(=C\c2ccc(OCc3ccc(C(=O)O)cc3)cc2)C1=O. The van der Waals surface area contributed by atoms with E-state index in [1.54, 1.807) is 42.5 Å². The molecule has 0 spiro atoms. The minimum atomic E-state index is -0.964. The van der Waals surface area contributed by atoms with Crippen molar-refractivity contribution >= 4 is 35.0 Å². The second-order valence-corrected chi connectivity index (χ2v) is 6.59. The summed E-state index contributed by atoms with van der Waals surface area (Å²) in [6.07, 6.45) is 1.67. The zero-order valence-electron chi connectivity index (χ0n) is 13.8. The first-order chi connectivity index (χ1) is 12.4. The van der Waals surface area contributed by atoms with Crippen LogP contribution in [0.1, 0.15) is 21.5 Å². The van der Waals surface area contributed by atoms with Gasteiger partial charge in [0.05, 0.1) is 10.5 Å². The smallest absolute Gasteiger partial charge is 0.335 e. The van der Waals surface area contributed by atoms with E-state index in [2.05, 4.69) is 0 Å². The molecule has 0 radical (unpaired) electrons. The third kappa shape index (κ3) is 3.94. The van der Waals surface area contributed by atoms with E-state index in [0.717, 1.165) is 27.8 Å². The van der Waals surface area contributed by atoms with Crippen molar-refractivity contribution in [2.45, 2.75) is 6.61 Å². The molecular formula is C19H15NO5S. The Kier molecular flexibility index (Phi) is 5.09. The van der Waals surface area contributed by atoms with Gasteiger partial charge in [0, 0.05) is 7.05 Å². The van der Waals surface area contributed by atoms with Crippen LogP contribution in [-0.4, -0.2) is 34.2 Å². The van der Waals surface area contributed by atoms with E-state index in [-0.39, 0.29) is 16.7 Å². The maximum absolute atomic E-state index is 11.9. The molecule has 0 aromatic heterocycles. The van der Waals surface area contributed by atoms with Gasteiger partial charge in [-0.05, 0) is 53.2 Å². The number of hydrogen-bond donors (Lipinski definition) is 1. The van der Waals surface area contributed by atoms with E-state index in [4.69, 9.17) is 9.84 Å². The van der Waals surface area contributed by atoms with E-state index in [9.17, 15) is 14.4 Å². The van der Waals surface area contributed by atoms with Crippen LogP contribution in [0.2, 0.25) is 0 Å². The summed E-state index contributed by atoms with van der Waals surface area (Å²) < 4.78 is 5.67. The van der Waals surface area contributed by atoms with Crippen LogP contribution < -0.4 is 4.74 Å². The Bertz CT molecular complexity index is 887. The Balaban J connectivity index is 1.62. The van der Waals surface area contributed by atoms with Crippen molar-refractivity contribution in [3.8, 4) is 5.75 Å². The number of thioether (sulfide) groups is 1. The molecule has 26 heavy (non-hydrogen) atoms. The lowest BCUT2D eigenvalue weighted by molar-refractivity contribution is -0.121. The summed E-state index contributed by atoms with van der Waals surface area (Å²) in [7, 11) is 1.46. The molecule has 0 bridgehead atoms. The molecule has 1 aliphatic heterocycles. The summed E-state index contributed by atoms with van der Waals surface area (Å²) >= 11 is 0.917. The second kappa shape index (κ2) is 7.45. The first kappa shape index (κ1) is 17.8. The monoisotopic (exact) mass is 369 g/mol. The number of nitrogens with zero attached hydrogens (tertiary/aromatic N) is 1. The number of carbonyl (C=O) groups is 3. The molecule has 0 atom stereocenters. The van der Waals surface area contributed by atoms with E-state index < -0.39 is 5.97 Å². The Morgan fingerprint density at radius 1 is 1.12 bits per heavy atom. The van der Waals surface area contributed by atoms with Gasteiger partial charge < -0.3 is 9.84 Å². The normalized spacial score (nSPS) is 15.6. The second-order valence-electron chi connectivity index (χ2n) is 5.60. The fourth-order valence-corrected chi connectivity index (χ4v) is 3.09. The summed E-state index contributed by atoms with van der Waals surface area (Å²) in [6.45, 7) is 0.313. The fraction of sp³-hybridized carbons (Fsp3) is 0.105. The van der Waals surface area contributed by atoms with Crippen molar-refractivity contribution < 1.29 is 24.2 Å². The molecule has 132 valence electrons. The van der Waals surface area contributed by atoms with Gasteiger partial charge in [-0.15, -0.1) is 0 Å². The number of ether oxygens (including phenoxy) is 1. The van der Waals surface area contributed by atoms with Gasteiger partial charge in [0.2, 0.25) is 0 Å². The van der Waals surface area contributed by atoms with Gasteiger partial charge in [0.15, 0.2) is 0 Å². The largest absolute Gasteiger partial charge is 0.489 e. The van der Waals surface area contributed by atoms with Gasteiger partial charge >= 0.3 is 5.97 Å². The van der Waals surface area contributed by atoms with Crippen LogP contribution in [0.4, 0.5) is 4.79 Å². The number of imide groups is 1. The number of carboxylic acids is 1. The Morgan fingerprint density at radius 2 is 1.77 bits per heavy atom. The van der Waals surface area contributed by atoms with Crippen molar-refractivity contribution in [1.82, 2.24) is 4.90 Å². The molecule has 1 N–H and O–H groups in total. The standard InChI is InChI=1S/C19H15NO5S/c1-20-17(21)16(26-19(20)24)10-12-4-8-15(9-5-12)25-11-13-2-6-14(7-3-13)18(22)23/h2-10H,11H2,1H3,(H,22,23)/b16-10-. The lowest BCUT2D eigenvalue weighted by atomic mass is 10.1. The Hall–Kier alpha value is -3.06. The van der Waals surface area contributed by atoms with Crippen LogP contribution in [0, 0.1) is 0 Å². The number of carboxylic acid groups (broad SMARTS) is 1. The number of aromatic carboxylic acids is 1. The third-order valence-corrected chi connectivity index (χ3v) is 4.73. The number of amides is 2. The Morgan fingerprint density at radius 3 is 2.31 bits per heavy atom. The molecule has 6 nitrogen and oxygen atoms in total. The summed E-state index contributed by atoms with van der Waals surface area (Å²) in [5.74, 6) is -0.618. The van der Waals surface area contributed by atoms with Crippen LogP contribution in [0.5, 0.6) is 5.75 Å². The van der Waals surface area contributed by atoms with E-state index in [1.807, 2.05) is 0 Å². The zero-order chi connectivity index (χ0) is 18.7. The van der Waals surface area contributed by atoms with Crippen LogP contribution in [-0.2, 0) is 11.4 Å². The quantitative estimate of drug-likeness (QED) is 0.810. The highest BCUT2D eigenvalue weighted by Crippen LogP contribution is 2.31. The average Bonchev–Trinajstić information content (AvgIpc) is 2.88. The molecule has 1 fully saturated rings. The minimum Gasteiger partial charge on any atom is -0.489 e. The van der Waals surface area contributed by atoms with Crippen molar-refractivity contribution in [2.24, 2.45) is 0 Å². The molecule has 3 rings (SSSR count). The van der Waals surface area contributed by atoms with Gasteiger partial charge in [-0.2, -0.15) is 0 Å². The van der Waals surface area contributed by atoms with Gasteiger partial charge in [-0.3, -0.25) is 14.5 Å². The Labute approximate surface area is 154 Å². The van der Waals surface area contributed by atoms with Crippen molar-refractivity contribution in [1.29, 1.82) is 0 Å². The van der Waals surface area contributed by atoms with Crippen molar-refractivity contribution in [2.75, 3.05) is 7.05 Å². The number of rotatable bonds is 5.